The van der Waals surface area contributed by atoms with E-state index in [4.69, 9.17) is 5.73 Å². The third-order valence-corrected chi connectivity index (χ3v) is 1.77. The number of nitrogens with zero attached hydrogens (tertiary/aromatic N) is 1. The molecule has 1 heterocycles. The van der Waals surface area contributed by atoms with Crippen LogP contribution in [0, 0.1) is 17.8 Å². The summed E-state index contributed by atoms with van der Waals surface area (Å²) in [5.74, 6) is 6.79. The fraction of sp³-hybridized carbons (Fsp3) is 0.300. The number of hydrogen-bond acceptors (Lipinski definition) is 2. The van der Waals surface area contributed by atoms with E-state index in [2.05, 4.69) is 16.8 Å². The Morgan fingerprint density at radius 3 is 2.83 bits per heavy atom. The highest BCUT2D eigenvalue weighted by Gasteiger charge is 2.17. The van der Waals surface area contributed by atoms with Crippen molar-refractivity contribution < 1.29 is 0 Å². The minimum absolute atomic E-state index is 0.629. The molecule has 2 heteroatoms. The maximum atomic E-state index is 5.48. The van der Waals surface area contributed by atoms with Crippen LogP contribution in [0.1, 0.15) is 18.5 Å². The van der Waals surface area contributed by atoms with Crippen molar-refractivity contribution in [1.29, 1.82) is 0 Å². The summed E-state index contributed by atoms with van der Waals surface area (Å²) in [6, 6.07) is 3.68. The van der Waals surface area contributed by atoms with Crippen LogP contribution in [0.3, 0.4) is 0 Å². The van der Waals surface area contributed by atoms with Crippen LogP contribution in [0.15, 0.2) is 18.3 Å². The lowest BCUT2D eigenvalue weighted by Crippen LogP contribution is -1.87. The average molecular weight is 158 g/mol. The molecule has 0 bridgehead atoms. The third-order valence-electron chi connectivity index (χ3n) is 1.77. The van der Waals surface area contributed by atoms with Crippen molar-refractivity contribution in [3.63, 3.8) is 0 Å². The molecule has 2 nitrogen and oxygen atoms in total. The molecule has 2 N–H and O–H groups in total. The Balaban J connectivity index is 2.13. The van der Waals surface area contributed by atoms with Crippen molar-refractivity contribution in [3.8, 4) is 11.8 Å². The van der Waals surface area contributed by atoms with Gasteiger partial charge >= 0.3 is 0 Å². The SMILES string of the molecule is Nc1ccc(C#CC2CC2)nc1. The summed E-state index contributed by atoms with van der Waals surface area (Å²) in [4.78, 5) is 4.08. The third kappa shape index (κ3) is 1.76. The van der Waals surface area contributed by atoms with E-state index in [9.17, 15) is 0 Å². The Bertz CT molecular complexity index is 325. The van der Waals surface area contributed by atoms with Crippen LogP contribution >= 0.6 is 0 Å². The van der Waals surface area contributed by atoms with Gasteiger partial charge in [0.15, 0.2) is 0 Å². The van der Waals surface area contributed by atoms with Crippen LogP contribution in [-0.2, 0) is 0 Å². The van der Waals surface area contributed by atoms with Crippen LogP contribution in [0.2, 0.25) is 0 Å². The lowest BCUT2D eigenvalue weighted by atomic mass is 10.3. The van der Waals surface area contributed by atoms with Gasteiger partial charge in [0.1, 0.15) is 5.69 Å². The van der Waals surface area contributed by atoms with E-state index in [0.717, 1.165) is 5.69 Å². The molecule has 1 aromatic heterocycles. The minimum Gasteiger partial charge on any atom is -0.397 e. The maximum absolute atomic E-state index is 5.48. The summed E-state index contributed by atoms with van der Waals surface area (Å²) in [6.07, 6.45) is 4.14. The molecule has 60 valence electrons. The number of aromatic nitrogens is 1. The van der Waals surface area contributed by atoms with E-state index in [1.54, 1.807) is 6.20 Å². The predicted molar refractivity (Wildman–Crippen MR) is 48.3 cm³/mol. The van der Waals surface area contributed by atoms with Crippen LogP contribution in [0.25, 0.3) is 0 Å². The zero-order valence-corrected chi connectivity index (χ0v) is 6.75. The summed E-state index contributed by atoms with van der Waals surface area (Å²) in [6.45, 7) is 0. The first-order valence-corrected chi connectivity index (χ1v) is 4.08. The van der Waals surface area contributed by atoms with Gasteiger partial charge in [0, 0.05) is 5.92 Å². The fourth-order valence-corrected chi connectivity index (χ4v) is 0.883. The highest BCUT2D eigenvalue weighted by Crippen LogP contribution is 2.27. The molecule has 0 amide bonds. The molecular formula is C10H10N2. The predicted octanol–water partition coefficient (Wildman–Crippen LogP) is 1.43. The van der Waals surface area contributed by atoms with Gasteiger partial charge in [-0.1, -0.05) is 5.92 Å². The quantitative estimate of drug-likeness (QED) is 0.580. The molecule has 0 atom stereocenters. The average Bonchev–Trinajstić information content (AvgIpc) is 2.87. The fourth-order valence-electron chi connectivity index (χ4n) is 0.883. The monoisotopic (exact) mass is 158 g/mol. The second kappa shape index (κ2) is 2.86. The van der Waals surface area contributed by atoms with Gasteiger partial charge in [-0.15, -0.1) is 0 Å². The number of anilines is 1. The first kappa shape index (κ1) is 7.17. The first-order chi connectivity index (χ1) is 5.84. The molecule has 0 aliphatic heterocycles. The Morgan fingerprint density at radius 2 is 2.25 bits per heavy atom. The minimum atomic E-state index is 0.629. The largest absolute Gasteiger partial charge is 0.397 e. The van der Waals surface area contributed by atoms with Gasteiger partial charge in [0.25, 0.3) is 0 Å². The molecule has 0 saturated heterocycles. The van der Waals surface area contributed by atoms with Gasteiger partial charge in [-0.25, -0.2) is 4.98 Å². The van der Waals surface area contributed by atoms with Gasteiger partial charge < -0.3 is 5.73 Å². The molecule has 0 aromatic carbocycles. The molecule has 1 aliphatic rings. The van der Waals surface area contributed by atoms with Gasteiger partial charge in [-0.05, 0) is 30.9 Å². The van der Waals surface area contributed by atoms with Crippen LogP contribution < -0.4 is 5.73 Å². The summed E-state index contributed by atoms with van der Waals surface area (Å²) in [5, 5.41) is 0. The highest BCUT2D eigenvalue weighted by molar-refractivity contribution is 5.39. The van der Waals surface area contributed by atoms with Crippen LogP contribution in [0.5, 0.6) is 0 Å². The zero-order valence-electron chi connectivity index (χ0n) is 6.75. The van der Waals surface area contributed by atoms with E-state index in [0.29, 0.717) is 11.6 Å². The molecule has 1 saturated carbocycles. The van der Waals surface area contributed by atoms with Crippen molar-refractivity contribution in [2.75, 3.05) is 5.73 Å². The van der Waals surface area contributed by atoms with Crippen molar-refractivity contribution >= 4 is 5.69 Å². The molecule has 0 unspecified atom stereocenters. The van der Waals surface area contributed by atoms with E-state index >= 15 is 0 Å². The lowest BCUT2D eigenvalue weighted by Gasteiger charge is -1.90. The van der Waals surface area contributed by atoms with Crippen molar-refractivity contribution in [3.05, 3.63) is 24.0 Å². The van der Waals surface area contributed by atoms with Crippen molar-refractivity contribution in [2.24, 2.45) is 5.92 Å². The zero-order chi connectivity index (χ0) is 8.39. The second-order valence-electron chi connectivity index (χ2n) is 3.02. The summed E-state index contributed by atoms with van der Waals surface area (Å²) in [7, 11) is 0. The number of nitrogens with two attached hydrogens (primary N) is 1. The van der Waals surface area contributed by atoms with Crippen LogP contribution in [0.4, 0.5) is 5.69 Å². The second-order valence-corrected chi connectivity index (χ2v) is 3.02. The number of pyridine rings is 1. The first-order valence-electron chi connectivity index (χ1n) is 4.08. The van der Waals surface area contributed by atoms with E-state index < -0.39 is 0 Å². The molecule has 1 aliphatic carbocycles. The normalized spacial score (nSPS) is 15.0. The molecule has 1 fully saturated rings. The van der Waals surface area contributed by atoms with E-state index in [1.165, 1.54) is 12.8 Å². The Morgan fingerprint density at radius 1 is 1.42 bits per heavy atom. The van der Waals surface area contributed by atoms with E-state index in [-0.39, 0.29) is 0 Å². The van der Waals surface area contributed by atoms with Crippen molar-refractivity contribution in [1.82, 2.24) is 4.98 Å². The molecule has 0 spiro atoms. The van der Waals surface area contributed by atoms with Gasteiger partial charge in [-0.2, -0.15) is 0 Å². The van der Waals surface area contributed by atoms with E-state index in [1.807, 2.05) is 12.1 Å². The van der Waals surface area contributed by atoms with Gasteiger partial charge in [-0.3, -0.25) is 0 Å². The molecule has 12 heavy (non-hydrogen) atoms. The van der Waals surface area contributed by atoms with Gasteiger partial charge in [0.05, 0.1) is 11.9 Å². The number of hydrogen-bond donors (Lipinski definition) is 1. The summed E-state index contributed by atoms with van der Waals surface area (Å²) < 4.78 is 0. The number of rotatable bonds is 0. The number of nitrogen functional groups attached to an aromatic ring is 1. The van der Waals surface area contributed by atoms with Crippen molar-refractivity contribution in [2.45, 2.75) is 12.8 Å². The smallest absolute Gasteiger partial charge is 0.113 e. The maximum Gasteiger partial charge on any atom is 0.113 e. The molecule has 0 radical (unpaired) electrons. The highest BCUT2D eigenvalue weighted by atomic mass is 14.7. The summed E-state index contributed by atoms with van der Waals surface area (Å²) in [5.41, 5.74) is 6.99. The van der Waals surface area contributed by atoms with Gasteiger partial charge in [0.2, 0.25) is 0 Å². The van der Waals surface area contributed by atoms with Crippen LogP contribution in [-0.4, -0.2) is 4.98 Å². The molecule has 1 aromatic rings. The lowest BCUT2D eigenvalue weighted by molar-refractivity contribution is 1.18. The Kier molecular flexibility index (Phi) is 1.71. The summed E-state index contributed by atoms with van der Waals surface area (Å²) >= 11 is 0. The molecular weight excluding hydrogens is 148 g/mol. The standard InChI is InChI=1S/C10H10N2/c11-9-4-6-10(12-7-9)5-3-8-1-2-8/h4,6-8H,1-2,11H2. The topological polar surface area (TPSA) is 38.9 Å². The Labute approximate surface area is 71.8 Å². The molecule has 2 rings (SSSR count). The Hall–Kier alpha value is -1.49.